The Hall–Kier alpha value is -0.700. The van der Waals surface area contributed by atoms with Crippen molar-refractivity contribution < 1.29 is 9.13 Å². The van der Waals surface area contributed by atoms with Gasteiger partial charge in [-0.15, -0.1) is 24.0 Å². The van der Waals surface area contributed by atoms with Crippen LogP contribution in [0.1, 0.15) is 26.7 Å². The fraction of sp³-hybridized carbons (Fsp3) is 0.588. The third kappa shape index (κ3) is 11.0. The Morgan fingerprint density at radius 1 is 1.25 bits per heavy atom. The number of guanidine groups is 1. The van der Waals surface area contributed by atoms with E-state index >= 15 is 0 Å². The zero-order valence-electron chi connectivity index (χ0n) is 14.7. The summed E-state index contributed by atoms with van der Waals surface area (Å²) < 4.78 is 18.6. The molecule has 4 nitrogen and oxygen atoms in total. The van der Waals surface area contributed by atoms with E-state index in [1.807, 2.05) is 25.6 Å². The molecule has 0 aliphatic rings. The highest BCUT2D eigenvalue weighted by Crippen LogP contribution is 2.13. The van der Waals surface area contributed by atoms with Crippen LogP contribution in [-0.4, -0.2) is 43.7 Å². The Morgan fingerprint density at radius 2 is 1.96 bits per heavy atom. The van der Waals surface area contributed by atoms with Crippen LogP contribution in [-0.2, 0) is 0 Å². The Labute approximate surface area is 166 Å². The lowest BCUT2D eigenvalue weighted by atomic mass is 10.3. The topological polar surface area (TPSA) is 45.7 Å². The first-order valence-electron chi connectivity index (χ1n) is 8.09. The van der Waals surface area contributed by atoms with E-state index in [9.17, 15) is 4.39 Å². The summed E-state index contributed by atoms with van der Waals surface area (Å²) in [5, 5.41) is 6.56. The van der Waals surface area contributed by atoms with Crippen molar-refractivity contribution in [2.45, 2.75) is 32.8 Å². The van der Waals surface area contributed by atoms with Gasteiger partial charge in [-0.1, -0.05) is 0 Å². The van der Waals surface area contributed by atoms with Gasteiger partial charge in [-0.3, -0.25) is 0 Å². The van der Waals surface area contributed by atoms with Gasteiger partial charge in [0.1, 0.15) is 17.7 Å². The van der Waals surface area contributed by atoms with Gasteiger partial charge in [0.15, 0.2) is 5.96 Å². The Kier molecular flexibility index (Phi) is 14.2. The van der Waals surface area contributed by atoms with Crippen LogP contribution in [0.25, 0.3) is 0 Å². The van der Waals surface area contributed by atoms with E-state index in [4.69, 9.17) is 4.74 Å². The molecule has 1 aromatic rings. The maximum absolute atomic E-state index is 12.9. The summed E-state index contributed by atoms with van der Waals surface area (Å²) in [6, 6.07) is 6.05. The van der Waals surface area contributed by atoms with Crippen molar-refractivity contribution >= 4 is 41.7 Å². The van der Waals surface area contributed by atoms with E-state index < -0.39 is 0 Å². The van der Waals surface area contributed by atoms with Gasteiger partial charge in [0, 0.05) is 13.1 Å². The first-order valence-corrected chi connectivity index (χ1v) is 9.48. The van der Waals surface area contributed by atoms with Gasteiger partial charge in [-0.2, -0.15) is 11.8 Å². The summed E-state index contributed by atoms with van der Waals surface area (Å²) in [5.74, 6) is 2.40. The molecule has 0 aliphatic heterocycles. The molecule has 1 rings (SSSR count). The molecule has 24 heavy (non-hydrogen) atoms. The second kappa shape index (κ2) is 14.6. The number of thioether (sulfide) groups is 1. The van der Waals surface area contributed by atoms with Crippen molar-refractivity contribution in [3.8, 4) is 5.75 Å². The van der Waals surface area contributed by atoms with Gasteiger partial charge in [-0.25, -0.2) is 9.38 Å². The number of hydrogen-bond acceptors (Lipinski definition) is 3. The smallest absolute Gasteiger partial charge is 0.191 e. The van der Waals surface area contributed by atoms with Crippen molar-refractivity contribution in [2.24, 2.45) is 4.99 Å². The number of nitrogens with zero attached hydrogens (tertiary/aromatic N) is 1. The van der Waals surface area contributed by atoms with E-state index in [2.05, 4.69) is 21.9 Å². The lowest BCUT2D eigenvalue weighted by molar-refractivity contribution is 0.230. The summed E-state index contributed by atoms with van der Waals surface area (Å²) in [6.07, 6.45) is 4.39. The fourth-order valence-electron chi connectivity index (χ4n) is 1.92. The van der Waals surface area contributed by atoms with Crippen LogP contribution < -0.4 is 15.4 Å². The number of rotatable bonds is 10. The van der Waals surface area contributed by atoms with E-state index in [1.54, 1.807) is 12.1 Å². The lowest BCUT2D eigenvalue weighted by Crippen LogP contribution is -2.38. The van der Waals surface area contributed by atoms with Crippen molar-refractivity contribution in [3.63, 3.8) is 0 Å². The average molecular weight is 469 g/mol. The molecule has 0 amide bonds. The zero-order chi connectivity index (χ0) is 16.9. The molecule has 0 aromatic heterocycles. The molecule has 0 saturated heterocycles. The first-order chi connectivity index (χ1) is 11.2. The molecule has 0 heterocycles. The highest BCUT2D eigenvalue weighted by atomic mass is 127. The second-order valence-corrected chi connectivity index (χ2v) is 6.21. The number of ether oxygens (including phenoxy) is 1. The summed E-state index contributed by atoms with van der Waals surface area (Å²) in [5.41, 5.74) is 0. The minimum atomic E-state index is -0.261. The predicted molar refractivity (Wildman–Crippen MR) is 114 cm³/mol. The molecule has 1 aromatic carbocycles. The van der Waals surface area contributed by atoms with E-state index in [0.29, 0.717) is 12.3 Å². The largest absolute Gasteiger partial charge is 0.489 e. The van der Waals surface area contributed by atoms with Gasteiger partial charge in [0.25, 0.3) is 0 Å². The van der Waals surface area contributed by atoms with Gasteiger partial charge < -0.3 is 15.4 Å². The van der Waals surface area contributed by atoms with Crippen molar-refractivity contribution in [2.75, 3.05) is 31.6 Å². The minimum absolute atomic E-state index is 0. The van der Waals surface area contributed by atoms with Crippen LogP contribution in [0.15, 0.2) is 29.3 Å². The van der Waals surface area contributed by atoms with E-state index in [1.165, 1.54) is 24.3 Å². The standard InChI is InChI=1S/C17H28FN3OS.HI/c1-4-19-17(20-11-5-6-12-23-3)21-13-14(2)22-16-9-7-15(18)8-10-16;/h7-10,14H,4-6,11-13H2,1-3H3,(H2,19,20,21);1H. The van der Waals surface area contributed by atoms with Crippen LogP contribution in [0.4, 0.5) is 4.39 Å². The monoisotopic (exact) mass is 469 g/mol. The molecular formula is C17H29FIN3OS. The summed E-state index contributed by atoms with van der Waals surface area (Å²) >= 11 is 1.87. The average Bonchev–Trinajstić information content (AvgIpc) is 2.54. The summed E-state index contributed by atoms with van der Waals surface area (Å²) in [6.45, 7) is 6.28. The zero-order valence-corrected chi connectivity index (χ0v) is 17.8. The van der Waals surface area contributed by atoms with Gasteiger partial charge in [0.2, 0.25) is 0 Å². The predicted octanol–water partition coefficient (Wildman–Crippen LogP) is 3.91. The highest BCUT2D eigenvalue weighted by Gasteiger charge is 2.05. The molecule has 0 spiro atoms. The van der Waals surface area contributed by atoms with Crippen LogP contribution in [0.3, 0.4) is 0 Å². The molecule has 0 radical (unpaired) electrons. The number of benzene rings is 1. The SMILES string of the molecule is CCNC(=NCC(C)Oc1ccc(F)cc1)NCCCCSC.I. The number of aliphatic imine (C=N–C) groups is 1. The second-order valence-electron chi connectivity index (χ2n) is 5.23. The van der Waals surface area contributed by atoms with Crippen molar-refractivity contribution in [3.05, 3.63) is 30.1 Å². The molecule has 0 saturated carbocycles. The maximum atomic E-state index is 12.9. The first kappa shape index (κ1) is 23.3. The molecule has 7 heteroatoms. The van der Waals surface area contributed by atoms with Crippen LogP contribution in [0.5, 0.6) is 5.75 Å². The highest BCUT2D eigenvalue weighted by molar-refractivity contribution is 14.0. The third-order valence-electron chi connectivity index (χ3n) is 3.07. The van der Waals surface area contributed by atoms with Gasteiger partial charge >= 0.3 is 0 Å². The molecule has 0 fully saturated rings. The summed E-state index contributed by atoms with van der Waals surface area (Å²) in [4.78, 5) is 4.54. The Bertz CT molecular complexity index is 460. The van der Waals surface area contributed by atoms with Crippen molar-refractivity contribution in [1.29, 1.82) is 0 Å². The minimum Gasteiger partial charge on any atom is -0.489 e. The lowest BCUT2D eigenvalue weighted by Gasteiger charge is -2.15. The molecule has 0 aliphatic carbocycles. The van der Waals surface area contributed by atoms with E-state index in [-0.39, 0.29) is 35.9 Å². The number of hydrogen-bond donors (Lipinski definition) is 2. The molecule has 1 atom stereocenters. The molecule has 1 unspecified atom stereocenters. The molecular weight excluding hydrogens is 440 g/mol. The molecule has 2 N–H and O–H groups in total. The van der Waals surface area contributed by atoms with Crippen LogP contribution in [0.2, 0.25) is 0 Å². The number of nitrogens with one attached hydrogen (secondary N) is 2. The Morgan fingerprint density at radius 3 is 2.58 bits per heavy atom. The Balaban J connectivity index is 0.00000529. The third-order valence-corrected chi connectivity index (χ3v) is 3.77. The number of unbranched alkanes of at least 4 members (excludes halogenated alkanes) is 1. The maximum Gasteiger partial charge on any atom is 0.191 e. The van der Waals surface area contributed by atoms with Crippen LogP contribution in [0, 0.1) is 5.82 Å². The van der Waals surface area contributed by atoms with Crippen LogP contribution >= 0.6 is 35.7 Å². The normalized spacial score (nSPS) is 12.2. The number of halogens is 2. The fourth-order valence-corrected chi connectivity index (χ4v) is 2.42. The van der Waals surface area contributed by atoms with E-state index in [0.717, 1.165) is 25.5 Å². The van der Waals surface area contributed by atoms with Gasteiger partial charge in [-0.05, 0) is 63.0 Å². The quantitative estimate of drug-likeness (QED) is 0.236. The molecule has 138 valence electrons. The molecule has 0 bridgehead atoms. The van der Waals surface area contributed by atoms with Crippen molar-refractivity contribution in [1.82, 2.24) is 10.6 Å². The van der Waals surface area contributed by atoms with Gasteiger partial charge in [0.05, 0.1) is 6.54 Å². The summed E-state index contributed by atoms with van der Waals surface area (Å²) in [7, 11) is 0.